The van der Waals surface area contributed by atoms with Gasteiger partial charge in [-0.2, -0.15) is 8.42 Å². The Bertz CT molecular complexity index is 530. The van der Waals surface area contributed by atoms with E-state index in [2.05, 4.69) is 0 Å². The fourth-order valence-corrected chi connectivity index (χ4v) is 3.03. The molecule has 0 amide bonds. The normalized spacial score (nSPS) is 11.8. The van der Waals surface area contributed by atoms with E-state index in [-0.39, 0.29) is 18.1 Å². The van der Waals surface area contributed by atoms with Crippen LogP contribution in [-0.4, -0.2) is 47.3 Å². The number of hydrogen-bond acceptors (Lipinski definition) is 5. The fourth-order valence-electron chi connectivity index (χ4n) is 1.95. The molecule has 0 saturated carbocycles. The molecule has 0 aromatic heterocycles. The molecule has 0 radical (unpaired) electrons. The molecule has 0 N–H and O–H groups in total. The predicted molar refractivity (Wildman–Crippen MR) is 95.1 cm³/mol. The van der Waals surface area contributed by atoms with E-state index >= 15 is 0 Å². The number of rotatable bonds is 14. The van der Waals surface area contributed by atoms with Gasteiger partial charge in [-0.05, 0) is 31.9 Å². The zero-order valence-electron chi connectivity index (χ0n) is 14.2. The van der Waals surface area contributed by atoms with Crippen LogP contribution in [0.3, 0.4) is 0 Å². The maximum absolute atomic E-state index is 11.9. The molecule has 0 heterocycles. The van der Waals surface area contributed by atoms with Gasteiger partial charge in [0.15, 0.2) is 0 Å². The maximum Gasteiger partial charge on any atom is 0.297 e. The first-order valence-electron chi connectivity index (χ1n) is 8.24. The lowest BCUT2D eigenvalue weighted by Crippen LogP contribution is -2.13. The highest BCUT2D eigenvalue weighted by Crippen LogP contribution is 2.12. The average molecular weight is 379 g/mol. The topological polar surface area (TPSA) is 61.8 Å². The van der Waals surface area contributed by atoms with Crippen LogP contribution in [0.25, 0.3) is 0 Å². The van der Waals surface area contributed by atoms with Crippen molar-refractivity contribution in [1.29, 1.82) is 0 Å². The van der Waals surface area contributed by atoms with Crippen LogP contribution in [0.15, 0.2) is 29.2 Å². The summed E-state index contributed by atoms with van der Waals surface area (Å²) in [5, 5.41) is 0. The Morgan fingerprint density at radius 2 is 1.42 bits per heavy atom. The van der Waals surface area contributed by atoms with Crippen molar-refractivity contribution in [1.82, 2.24) is 0 Å². The third kappa shape index (κ3) is 9.59. The Morgan fingerprint density at radius 1 is 0.833 bits per heavy atom. The molecule has 0 aliphatic carbocycles. The molecule has 138 valence electrons. The van der Waals surface area contributed by atoms with Gasteiger partial charge in [0.25, 0.3) is 10.1 Å². The zero-order valence-corrected chi connectivity index (χ0v) is 15.8. The quantitative estimate of drug-likeness (QED) is 0.281. The van der Waals surface area contributed by atoms with Crippen LogP contribution in [0.2, 0.25) is 0 Å². The molecular formula is C17H27ClO5S. The number of alkyl halides is 1. The Balaban J connectivity index is 2.01. The third-order valence-electron chi connectivity index (χ3n) is 3.32. The van der Waals surface area contributed by atoms with E-state index in [0.717, 1.165) is 37.1 Å². The van der Waals surface area contributed by atoms with Crippen molar-refractivity contribution < 1.29 is 22.1 Å². The van der Waals surface area contributed by atoms with Gasteiger partial charge in [-0.25, -0.2) is 0 Å². The number of aryl methyl sites for hydroxylation is 1. The van der Waals surface area contributed by atoms with Crippen molar-refractivity contribution in [3.8, 4) is 0 Å². The Labute approximate surface area is 150 Å². The molecule has 1 aromatic rings. The number of ether oxygens (including phenoxy) is 2. The van der Waals surface area contributed by atoms with Gasteiger partial charge in [0.1, 0.15) is 0 Å². The monoisotopic (exact) mass is 378 g/mol. The van der Waals surface area contributed by atoms with Gasteiger partial charge in [-0.3, -0.25) is 4.18 Å². The van der Waals surface area contributed by atoms with E-state index in [0.29, 0.717) is 19.8 Å². The minimum atomic E-state index is -3.71. The molecule has 1 rings (SSSR count). The molecular weight excluding hydrogens is 352 g/mol. The predicted octanol–water partition coefficient (Wildman–Crippen LogP) is 3.53. The summed E-state index contributed by atoms with van der Waals surface area (Å²) < 4.78 is 39.5. The van der Waals surface area contributed by atoms with E-state index in [1.54, 1.807) is 12.1 Å². The number of halogens is 1. The summed E-state index contributed by atoms with van der Waals surface area (Å²) in [7, 11) is -3.71. The molecule has 0 fully saturated rings. The van der Waals surface area contributed by atoms with Crippen molar-refractivity contribution in [3.63, 3.8) is 0 Å². The maximum atomic E-state index is 11.9. The highest BCUT2D eigenvalue weighted by Gasteiger charge is 2.14. The number of unbranched alkanes of at least 4 members (excludes halogenated alkanes) is 3. The first-order chi connectivity index (χ1) is 11.6. The van der Waals surface area contributed by atoms with Crippen LogP contribution < -0.4 is 0 Å². The Kier molecular flexibility index (Phi) is 11.3. The molecule has 0 saturated heterocycles. The van der Waals surface area contributed by atoms with Crippen molar-refractivity contribution >= 4 is 21.7 Å². The lowest BCUT2D eigenvalue weighted by molar-refractivity contribution is 0.0360. The highest BCUT2D eigenvalue weighted by atomic mass is 35.5. The molecule has 0 bridgehead atoms. The van der Waals surface area contributed by atoms with E-state index in [4.69, 9.17) is 25.3 Å². The first kappa shape index (κ1) is 21.4. The SMILES string of the molecule is Cc1ccc(S(=O)(=O)OCCOCCOCCCCCCCl)cc1. The summed E-state index contributed by atoms with van der Waals surface area (Å²) in [4.78, 5) is 0.158. The highest BCUT2D eigenvalue weighted by molar-refractivity contribution is 7.86. The van der Waals surface area contributed by atoms with Crippen LogP contribution in [0.4, 0.5) is 0 Å². The first-order valence-corrected chi connectivity index (χ1v) is 10.2. The van der Waals surface area contributed by atoms with Crippen LogP contribution >= 0.6 is 11.6 Å². The molecule has 5 nitrogen and oxygen atoms in total. The summed E-state index contributed by atoms with van der Waals surface area (Å²) in [6.45, 7) is 3.74. The molecule has 24 heavy (non-hydrogen) atoms. The minimum Gasteiger partial charge on any atom is -0.379 e. The lowest BCUT2D eigenvalue weighted by Gasteiger charge is -2.07. The van der Waals surface area contributed by atoms with Gasteiger partial charge in [0.2, 0.25) is 0 Å². The van der Waals surface area contributed by atoms with Crippen molar-refractivity contribution in [3.05, 3.63) is 29.8 Å². The van der Waals surface area contributed by atoms with Crippen LogP contribution in [0.5, 0.6) is 0 Å². The van der Waals surface area contributed by atoms with Crippen LogP contribution in [-0.2, 0) is 23.8 Å². The van der Waals surface area contributed by atoms with Gasteiger partial charge in [-0.15, -0.1) is 11.6 Å². The van der Waals surface area contributed by atoms with Crippen molar-refractivity contribution in [2.45, 2.75) is 37.5 Å². The smallest absolute Gasteiger partial charge is 0.297 e. The molecule has 0 aliphatic rings. The summed E-state index contributed by atoms with van der Waals surface area (Å²) in [5.41, 5.74) is 0.997. The summed E-state index contributed by atoms with van der Waals surface area (Å²) in [5.74, 6) is 0.719. The van der Waals surface area contributed by atoms with Gasteiger partial charge in [0.05, 0.1) is 31.3 Å². The molecule has 1 aromatic carbocycles. The molecule has 0 atom stereocenters. The molecule has 0 aliphatic heterocycles. The second-order valence-electron chi connectivity index (χ2n) is 5.42. The lowest BCUT2D eigenvalue weighted by atomic mass is 10.2. The van der Waals surface area contributed by atoms with Gasteiger partial charge < -0.3 is 9.47 Å². The van der Waals surface area contributed by atoms with E-state index < -0.39 is 10.1 Å². The molecule has 7 heteroatoms. The Hall–Kier alpha value is -0.660. The van der Waals surface area contributed by atoms with E-state index in [1.807, 2.05) is 6.92 Å². The van der Waals surface area contributed by atoms with Crippen molar-refractivity contribution in [2.24, 2.45) is 0 Å². The molecule has 0 unspecified atom stereocenters. The van der Waals surface area contributed by atoms with Crippen LogP contribution in [0, 0.1) is 6.92 Å². The second kappa shape index (κ2) is 12.7. The largest absolute Gasteiger partial charge is 0.379 e. The van der Waals surface area contributed by atoms with Crippen molar-refractivity contribution in [2.75, 3.05) is 38.9 Å². The number of benzene rings is 1. The fraction of sp³-hybridized carbons (Fsp3) is 0.647. The summed E-state index contributed by atoms with van der Waals surface area (Å²) >= 11 is 5.60. The Morgan fingerprint density at radius 3 is 2.08 bits per heavy atom. The summed E-state index contributed by atoms with van der Waals surface area (Å²) in [6, 6.07) is 6.54. The average Bonchev–Trinajstić information content (AvgIpc) is 2.56. The van der Waals surface area contributed by atoms with Gasteiger partial charge >= 0.3 is 0 Å². The van der Waals surface area contributed by atoms with Gasteiger partial charge in [0, 0.05) is 12.5 Å². The van der Waals surface area contributed by atoms with E-state index in [1.165, 1.54) is 12.1 Å². The standard InChI is InChI=1S/C17H27ClO5S/c1-16-6-8-17(9-7-16)24(19,20)23-15-14-22-13-12-21-11-5-3-2-4-10-18/h6-9H,2-5,10-15H2,1H3. The second-order valence-corrected chi connectivity index (χ2v) is 7.41. The van der Waals surface area contributed by atoms with Crippen LogP contribution in [0.1, 0.15) is 31.2 Å². The number of hydrogen-bond donors (Lipinski definition) is 0. The summed E-state index contributed by atoms with van der Waals surface area (Å²) in [6.07, 6.45) is 4.33. The molecule has 0 spiro atoms. The zero-order chi connectivity index (χ0) is 17.7. The van der Waals surface area contributed by atoms with Gasteiger partial charge in [-0.1, -0.05) is 30.5 Å². The minimum absolute atomic E-state index is 0.00532. The van der Waals surface area contributed by atoms with E-state index in [9.17, 15) is 8.42 Å². The third-order valence-corrected chi connectivity index (χ3v) is 4.91.